The molecule has 0 saturated carbocycles. The fourth-order valence-electron chi connectivity index (χ4n) is 3.24. The Bertz CT molecular complexity index is 970. The van der Waals surface area contributed by atoms with Crippen LogP contribution >= 0.6 is 0 Å². The zero-order chi connectivity index (χ0) is 20.5. The van der Waals surface area contributed by atoms with Crippen LogP contribution in [-0.4, -0.2) is 33.2 Å². The minimum atomic E-state index is -3.54. The maximum absolute atomic E-state index is 12.8. The molecule has 0 bridgehead atoms. The number of hydrogen-bond donors (Lipinski definition) is 1. The monoisotopic (exact) mass is 402 g/mol. The van der Waals surface area contributed by atoms with Gasteiger partial charge in [-0.25, -0.2) is 8.42 Å². The van der Waals surface area contributed by atoms with E-state index in [2.05, 4.69) is 12.2 Å². The van der Waals surface area contributed by atoms with Crippen LogP contribution in [0.5, 0.6) is 5.75 Å². The second-order valence-electron chi connectivity index (χ2n) is 7.20. The summed E-state index contributed by atoms with van der Waals surface area (Å²) in [4.78, 5) is 12.8. The largest absolute Gasteiger partial charge is 0.476 e. The van der Waals surface area contributed by atoms with Gasteiger partial charge in [0.05, 0.1) is 24.5 Å². The number of hydrogen-bond acceptors (Lipinski definition) is 4. The summed E-state index contributed by atoms with van der Waals surface area (Å²) in [5.41, 5.74) is 3.60. The zero-order valence-electron chi connectivity index (χ0n) is 16.6. The molecular weight excluding hydrogens is 376 g/mol. The van der Waals surface area contributed by atoms with E-state index in [1.54, 1.807) is 12.1 Å². The third-order valence-corrected chi connectivity index (χ3v) is 6.07. The SMILES string of the molecule is CCc1ccc([C@@H](C)NC(=O)[C@@H]2CN(S(C)(=O)=O)c3cc(C)ccc3O2)cc1. The third kappa shape index (κ3) is 4.30. The highest BCUT2D eigenvalue weighted by Crippen LogP contribution is 2.35. The molecule has 0 spiro atoms. The first kappa shape index (κ1) is 20.2. The van der Waals surface area contributed by atoms with Gasteiger partial charge >= 0.3 is 0 Å². The topological polar surface area (TPSA) is 75.7 Å². The van der Waals surface area contributed by atoms with E-state index in [0.717, 1.165) is 23.8 Å². The molecule has 7 heteroatoms. The van der Waals surface area contributed by atoms with Gasteiger partial charge in [-0.2, -0.15) is 0 Å². The fraction of sp³-hybridized carbons (Fsp3) is 0.381. The summed E-state index contributed by atoms with van der Waals surface area (Å²) in [6.45, 7) is 5.81. The number of fused-ring (bicyclic) bond motifs is 1. The van der Waals surface area contributed by atoms with Crippen LogP contribution in [0.4, 0.5) is 5.69 Å². The quantitative estimate of drug-likeness (QED) is 0.834. The maximum atomic E-state index is 12.8. The van der Waals surface area contributed by atoms with Crippen molar-refractivity contribution in [2.75, 3.05) is 17.1 Å². The molecule has 1 N–H and O–H groups in total. The van der Waals surface area contributed by atoms with Crippen molar-refractivity contribution < 1.29 is 17.9 Å². The Balaban J connectivity index is 1.79. The molecule has 0 unspecified atom stereocenters. The molecule has 0 aliphatic carbocycles. The number of ether oxygens (including phenoxy) is 1. The van der Waals surface area contributed by atoms with E-state index in [-0.39, 0.29) is 18.5 Å². The van der Waals surface area contributed by atoms with E-state index < -0.39 is 16.1 Å². The van der Waals surface area contributed by atoms with Gasteiger partial charge in [-0.3, -0.25) is 9.10 Å². The molecule has 1 aliphatic heterocycles. The highest BCUT2D eigenvalue weighted by Gasteiger charge is 2.35. The molecule has 1 amide bonds. The number of aryl methyl sites for hydroxylation is 2. The van der Waals surface area contributed by atoms with Gasteiger partial charge in [-0.05, 0) is 49.1 Å². The van der Waals surface area contributed by atoms with Crippen LogP contribution in [0.3, 0.4) is 0 Å². The summed E-state index contributed by atoms with van der Waals surface area (Å²) in [6.07, 6.45) is 1.18. The minimum absolute atomic E-state index is 0.0530. The Morgan fingerprint density at radius 2 is 1.93 bits per heavy atom. The number of carbonyl (C=O) groups excluding carboxylic acids is 1. The summed E-state index contributed by atoms with van der Waals surface area (Å²) in [5, 5.41) is 2.93. The van der Waals surface area contributed by atoms with Gasteiger partial charge in [-0.15, -0.1) is 0 Å². The van der Waals surface area contributed by atoms with E-state index in [9.17, 15) is 13.2 Å². The van der Waals surface area contributed by atoms with Crippen LogP contribution in [0.1, 0.15) is 36.6 Å². The molecule has 0 aromatic heterocycles. The lowest BCUT2D eigenvalue weighted by molar-refractivity contribution is -0.128. The molecule has 0 radical (unpaired) electrons. The predicted octanol–water partition coefficient (Wildman–Crippen LogP) is 2.96. The minimum Gasteiger partial charge on any atom is -0.476 e. The summed E-state index contributed by atoms with van der Waals surface area (Å²) in [6, 6.07) is 13.1. The van der Waals surface area contributed by atoms with E-state index in [4.69, 9.17) is 4.74 Å². The van der Waals surface area contributed by atoms with E-state index in [1.807, 2.05) is 44.2 Å². The van der Waals surface area contributed by atoms with Crippen LogP contribution < -0.4 is 14.4 Å². The average Bonchev–Trinajstić information content (AvgIpc) is 2.66. The van der Waals surface area contributed by atoms with Gasteiger partial charge in [0.2, 0.25) is 10.0 Å². The molecular formula is C21H26N2O4S. The van der Waals surface area contributed by atoms with Crippen LogP contribution in [0.15, 0.2) is 42.5 Å². The number of nitrogens with one attached hydrogen (secondary N) is 1. The highest BCUT2D eigenvalue weighted by molar-refractivity contribution is 7.92. The van der Waals surface area contributed by atoms with Gasteiger partial charge in [0, 0.05) is 0 Å². The molecule has 2 aromatic rings. The predicted molar refractivity (Wildman–Crippen MR) is 110 cm³/mol. The standard InChI is InChI=1S/C21H26N2O4S/c1-5-16-7-9-17(10-8-16)15(3)22-21(24)20-13-23(28(4,25)26)18-12-14(2)6-11-19(18)27-20/h6-12,15,20H,5,13H2,1-4H3,(H,22,24)/t15-,20+/m1/s1. The number of amides is 1. The molecule has 1 heterocycles. The van der Waals surface area contributed by atoms with Gasteiger partial charge in [0.1, 0.15) is 5.75 Å². The number of rotatable bonds is 5. The smallest absolute Gasteiger partial charge is 0.263 e. The van der Waals surface area contributed by atoms with Crippen molar-refractivity contribution in [1.29, 1.82) is 0 Å². The molecule has 6 nitrogen and oxygen atoms in total. The van der Waals surface area contributed by atoms with Crippen LogP contribution in [0, 0.1) is 6.92 Å². The van der Waals surface area contributed by atoms with Crippen molar-refractivity contribution in [3.63, 3.8) is 0 Å². The molecule has 1 aliphatic rings. The van der Waals surface area contributed by atoms with E-state index in [1.165, 1.54) is 9.87 Å². The Kier molecular flexibility index (Phi) is 5.65. The first-order valence-electron chi connectivity index (χ1n) is 9.33. The van der Waals surface area contributed by atoms with Crippen LogP contribution in [0.25, 0.3) is 0 Å². The van der Waals surface area contributed by atoms with E-state index >= 15 is 0 Å². The number of sulfonamides is 1. The van der Waals surface area contributed by atoms with Crippen molar-refractivity contribution in [3.05, 3.63) is 59.2 Å². The molecule has 2 aromatic carbocycles. The first-order valence-corrected chi connectivity index (χ1v) is 11.2. The van der Waals surface area contributed by atoms with Crippen LogP contribution in [-0.2, 0) is 21.2 Å². The lowest BCUT2D eigenvalue weighted by Gasteiger charge is -2.34. The Hall–Kier alpha value is -2.54. The summed E-state index contributed by atoms with van der Waals surface area (Å²) in [7, 11) is -3.54. The molecule has 2 atom stereocenters. The molecule has 0 fully saturated rings. The van der Waals surface area contributed by atoms with Gasteiger partial charge in [0.25, 0.3) is 5.91 Å². The molecule has 150 valence electrons. The number of nitrogens with zero attached hydrogens (tertiary/aromatic N) is 1. The van der Waals surface area contributed by atoms with Crippen molar-refractivity contribution in [3.8, 4) is 5.75 Å². The van der Waals surface area contributed by atoms with Gasteiger partial charge in [0.15, 0.2) is 6.10 Å². The number of anilines is 1. The molecule has 0 saturated heterocycles. The average molecular weight is 403 g/mol. The number of benzene rings is 2. The molecule has 3 rings (SSSR count). The maximum Gasteiger partial charge on any atom is 0.263 e. The lowest BCUT2D eigenvalue weighted by Crippen LogP contribution is -2.50. The van der Waals surface area contributed by atoms with E-state index in [0.29, 0.717) is 11.4 Å². The Labute approximate surface area is 166 Å². The second-order valence-corrected chi connectivity index (χ2v) is 9.10. The second kappa shape index (κ2) is 7.83. The number of carbonyl (C=O) groups is 1. The Morgan fingerprint density at radius 1 is 1.25 bits per heavy atom. The third-order valence-electron chi connectivity index (χ3n) is 4.92. The zero-order valence-corrected chi connectivity index (χ0v) is 17.4. The van der Waals surface area contributed by atoms with Crippen molar-refractivity contribution in [2.24, 2.45) is 0 Å². The lowest BCUT2D eigenvalue weighted by atomic mass is 10.0. The van der Waals surface area contributed by atoms with Crippen LogP contribution in [0.2, 0.25) is 0 Å². The van der Waals surface area contributed by atoms with Gasteiger partial charge < -0.3 is 10.1 Å². The highest BCUT2D eigenvalue weighted by atomic mass is 32.2. The van der Waals surface area contributed by atoms with Gasteiger partial charge in [-0.1, -0.05) is 37.3 Å². The fourth-order valence-corrected chi connectivity index (χ4v) is 4.15. The van der Waals surface area contributed by atoms with Crippen molar-refractivity contribution in [1.82, 2.24) is 5.32 Å². The Morgan fingerprint density at radius 3 is 2.54 bits per heavy atom. The summed E-state index contributed by atoms with van der Waals surface area (Å²) < 4.78 is 31.6. The van der Waals surface area contributed by atoms with Crippen molar-refractivity contribution in [2.45, 2.75) is 39.3 Å². The summed E-state index contributed by atoms with van der Waals surface area (Å²) >= 11 is 0. The first-order chi connectivity index (χ1) is 13.2. The summed E-state index contributed by atoms with van der Waals surface area (Å²) in [5.74, 6) is 0.0503. The molecule has 28 heavy (non-hydrogen) atoms. The van der Waals surface area contributed by atoms with Crippen molar-refractivity contribution >= 4 is 21.6 Å². The normalized spacial score (nSPS) is 17.4.